The second-order valence-corrected chi connectivity index (χ2v) is 2.44. The fourth-order valence-corrected chi connectivity index (χ4v) is 0.774. The minimum Gasteiger partial charge on any atom is -0.479 e. The predicted molar refractivity (Wildman–Crippen MR) is 38.3 cm³/mol. The molecule has 0 aliphatic rings. The average molecular weight is 171 g/mol. The summed E-state index contributed by atoms with van der Waals surface area (Å²) in [4.78, 5) is 10.2. The molecule has 0 bridgehead atoms. The number of aliphatic hydroxyl groups is 1. The Hall–Kier alpha value is -1.43. The lowest BCUT2D eigenvalue weighted by molar-refractivity contribution is -0.146. The van der Waals surface area contributed by atoms with E-state index >= 15 is 0 Å². The van der Waals surface area contributed by atoms with Crippen LogP contribution in [0.25, 0.3) is 0 Å². The number of carbonyl (C=O) groups is 1. The van der Waals surface area contributed by atoms with Crippen LogP contribution in [0.3, 0.4) is 0 Å². The van der Waals surface area contributed by atoms with Gasteiger partial charge in [-0.2, -0.15) is 0 Å². The quantitative estimate of drug-likeness (QED) is 0.596. The van der Waals surface area contributed by atoms with Crippen LogP contribution in [0, 0.1) is 0 Å². The Kier molecular flexibility index (Phi) is 2.39. The lowest BCUT2D eigenvalue weighted by Crippen LogP contribution is -2.22. The summed E-state index contributed by atoms with van der Waals surface area (Å²) >= 11 is 0. The first-order valence-electron chi connectivity index (χ1n) is 3.35. The van der Waals surface area contributed by atoms with Crippen molar-refractivity contribution in [3.8, 4) is 0 Å². The van der Waals surface area contributed by atoms with E-state index in [0.717, 1.165) is 0 Å². The van der Waals surface area contributed by atoms with E-state index in [1.807, 2.05) is 0 Å². The monoisotopic (exact) mass is 171 g/mol. The molecule has 0 aromatic carbocycles. The van der Waals surface area contributed by atoms with Crippen molar-refractivity contribution in [3.05, 3.63) is 11.9 Å². The minimum absolute atomic E-state index is 0.0107. The number of hydrogen-bond acceptors (Lipinski definition) is 4. The Bertz CT molecular complexity index is 283. The third kappa shape index (κ3) is 2.03. The highest BCUT2D eigenvalue weighted by Gasteiger charge is 2.15. The lowest BCUT2D eigenvalue weighted by atomic mass is 10.2. The van der Waals surface area contributed by atoms with Crippen LogP contribution in [0.4, 0.5) is 0 Å². The smallest absolute Gasteiger partial charge is 0.332 e. The van der Waals surface area contributed by atoms with Crippen molar-refractivity contribution >= 4 is 5.97 Å². The summed E-state index contributed by atoms with van der Waals surface area (Å²) < 4.78 is 1.45. The molecule has 0 aliphatic carbocycles. The van der Waals surface area contributed by atoms with Crippen LogP contribution >= 0.6 is 0 Å². The number of rotatable bonds is 3. The van der Waals surface area contributed by atoms with E-state index in [0.29, 0.717) is 5.69 Å². The number of aliphatic hydroxyl groups excluding tert-OH is 1. The van der Waals surface area contributed by atoms with Gasteiger partial charge in [0.25, 0.3) is 0 Å². The Morgan fingerprint density at radius 1 is 1.83 bits per heavy atom. The van der Waals surface area contributed by atoms with Crippen LogP contribution in [0.5, 0.6) is 0 Å². The molecule has 1 aromatic heterocycles. The number of aliphatic carboxylic acids is 1. The van der Waals surface area contributed by atoms with Crippen molar-refractivity contribution in [2.75, 3.05) is 0 Å². The van der Waals surface area contributed by atoms with Gasteiger partial charge in [-0.3, -0.25) is 4.68 Å². The molecular formula is C6H9N3O3. The van der Waals surface area contributed by atoms with Crippen LogP contribution in [0.1, 0.15) is 5.69 Å². The fraction of sp³-hybridized carbons (Fsp3) is 0.500. The van der Waals surface area contributed by atoms with E-state index in [4.69, 9.17) is 10.2 Å². The zero-order chi connectivity index (χ0) is 9.14. The second kappa shape index (κ2) is 3.31. The molecule has 0 saturated carbocycles. The van der Waals surface area contributed by atoms with Crippen LogP contribution in [0.15, 0.2) is 6.20 Å². The van der Waals surface area contributed by atoms with Crippen molar-refractivity contribution in [1.29, 1.82) is 0 Å². The molecule has 1 heterocycles. The van der Waals surface area contributed by atoms with Crippen molar-refractivity contribution in [3.63, 3.8) is 0 Å². The van der Waals surface area contributed by atoms with Gasteiger partial charge in [0.1, 0.15) is 0 Å². The molecule has 1 aromatic rings. The summed E-state index contributed by atoms with van der Waals surface area (Å²) in [5.41, 5.74) is 0.465. The molecule has 66 valence electrons. The first-order chi connectivity index (χ1) is 5.59. The van der Waals surface area contributed by atoms with E-state index in [2.05, 4.69) is 10.3 Å². The standard InChI is InChI=1S/C6H9N3O3/c1-9-3-4(7-8-9)2-5(10)6(11)12/h3,5,10H,2H2,1H3,(H,11,12)/t5-/m0/s1. The summed E-state index contributed by atoms with van der Waals surface area (Å²) in [5, 5.41) is 24.5. The molecule has 0 spiro atoms. The molecule has 2 N–H and O–H groups in total. The van der Waals surface area contributed by atoms with Gasteiger partial charge in [-0.05, 0) is 0 Å². The number of aromatic nitrogens is 3. The Morgan fingerprint density at radius 3 is 2.92 bits per heavy atom. The molecule has 0 unspecified atom stereocenters. The molecule has 0 amide bonds. The maximum absolute atomic E-state index is 10.2. The SMILES string of the molecule is Cn1cc(C[C@H](O)C(=O)O)nn1. The van der Waals surface area contributed by atoms with Crippen molar-refractivity contribution in [2.24, 2.45) is 7.05 Å². The second-order valence-electron chi connectivity index (χ2n) is 2.44. The van der Waals surface area contributed by atoms with Gasteiger partial charge in [-0.25, -0.2) is 4.79 Å². The van der Waals surface area contributed by atoms with Gasteiger partial charge in [0.15, 0.2) is 6.10 Å². The molecule has 12 heavy (non-hydrogen) atoms. The van der Waals surface area contributed by atoms with E-state index in [-0.39, 0.29) is 6.42 Å². The number of aryl methyl sites for hydroxylation is 1. The third-order valence-corrected chi connectivity index (χ3v) is 1.34. The van der Waals surface area contributed by atoms with Crippen molar-refractivity contribution in [1.82, 2.24) is 15.0 Å². The predicted octanol–water partition coefficient (Wildman–Crippen LogP) is -1.20. The van der Waals surface area contributed by atoms with Gasteiger partial charge >= 0.3 is 5.97 Å². The highest BCUT2D eigenvalue weighted by molar-refractivity contribution is 5.72. The van der Waals surface area contributed by atoms with Crippen LogP contribution in [-0.4, -0.2) is 37.3 Å². The molecule has 0 aliphatic heterocycles. The lowest BCUT2D eigenvalue weighted by Gasteiger charge is -1.99. The number of carboxylic acids is 1. The Labute approximate surface area is 68.4 Å². The van der Waals surface area contributed by atoms with E-state index < -0.39 is 12.1 Å². The van der Waals surface area contributed by atoms with E-state index in [9.17, 15) is 4.79 Å². The molecule has 6 heteroatoms. The number of carboxylic acid groups (broad SMARTS) is 1. The van der Waals surface area contributed by atoms with Crippen molar-refractivity contribution in [2.45, 2.75) is 12.5 Å². The van der Waals surface area contributed by atoms with Crippen LogP contribution in [-0.2, 0) is 18.3 Å². The van der Waals surface area contributed by atoms with Crippen LogP contribution < -0.4 is 0 Å². The fourth-order valence-electron chi connectivity index (χ4n) is 0.774. The largest absolute Gasteiger partial charge is 0.479 e. The van der Waals surface area contributed by atoms with Gasteiger partial charge in [0, 0.05) is 19.7 Å². The Balaban J connectivity index is 2.58. The zero-order valence-corrected chi connectivity index (χ0v) is 6.51. The third-order valence-electron chi connectivity index (χ3n) is 1.34. The molecule has 1 atom stereocenters. The summed E-state index contributed by atoms with van der Waals surface area (Å²) in [5.74, 6) is -1.25. The normalized spacial score (nSPS) is 12.8. The van der Waals surface area contributed by atoms with Gasteiger partial charge in [0.05, 0.1) is 5.69 Å². The Morgan fingerprint density at radius 2 is 2.50 bits per heavy atom. The molecule has 0 radical (unpaired) electrons. The number of nitrogens with zero attached hydrogens (tertiary/aromatic N) is 3. The van der Waals surface area contributed by atoms with Crippen molar-refractivity contribution < 1.29 is 15.0 Å². The zero-order valence-electron chi connectivity index (χ0n) is 6.51. The van der Waals surface area contributed by atoms with Gasteiger partial charge in [-0.15, -0.1) is 5.10 Å². The molecule has 0 fully saturated rings. The highest BCUT2D eigenvalue weighted by Crippen LogP contribution is 1.97. The summed E-state index contributed by atoms with van der Waals surface area (Å²) in [6.45, 7) is 0. The maximum atomic E-state index is 10.2. The summed E-state index contributed by atoms with van der Waals surface area (Å²) in [6, 6.07) is 0. The van der Waals surface area contributed by atoms with Gasteiger partial charge < -0.3 is 10.2 Å². The topological polar surface area (TPSA) is 88.2 Å². The molecule has 6 nitrogen and oxygen atoms in total. The molecule has 0 saturated heterocycles. The van der Waals surface area contributed by atoms with Gasteiger partial charge in [0.2, 0.25) is 0 Å². The first-order valence-corrected chi connectivity index (χ1v) is 3.35. The van der Waals surface area contributed by atoms with E-state index in [1.54, 1.807) is 13.2 Å². The molecule has 1 rings (SSSR count). The van der Waals surface area contributed by atoms with Crippen LogP contribution in [0.2, 0.25) is 0 Å². The summed E-state index contributed by atoms with van der Waals surface area (Å²) in [7, 11) is 1.67. The maximum Gasteiger partial charge on any atom is 0.332 e. The van der Waals surface area contributed by atoms with E-state index in [1.165, 1.54) is 4.68 Å². The molecular weight excluding hydrogens is 162 g/mol. The summed E-state index contributed by atoms with van der Waals surface area (Å²) in [6.07, 6.45) is 0.150. The average Bonchev–Trinajstić information content (AvgIpc) is 2.35. The highest BCUT2D eigenvalue weighted by atomic mass is 16.4. The van der Waals surface area contributed by atoms with Gasteiger partial charge in [-0.1, -0.05) is 5.21 Å². The first kappa shape index (κ1) is 8.66. The number of hydrogen-bond donors (Lipinski definition) is 2. The minimum atomic E-state index is -1.40.